The summed E-state index contributed by atoms with van der Waals surface area (Å²) in [6.07, 6.45) is 7.36. The molecule has 0 spiro atoms. The average Bonchev–Trinajstić information content (AvgIpc) is 2.68. The molecule has 0 saturated heterocycles. The zero-order valence-electron chi connectivity index (χ0n) is 17.5. The SMILES string of the molecule is C=CCN(CC=C)C(=O)Cn1ncc(N[C@@H]2C[C@H]3C[C@@H]([C@H]2C)C3(C)C)c(Br)c1=O. The van der Waals surface area contributed by atoms with Crippen molar-refractivity contribution < 1.29 is 4.79 Å². The number of rotatable bonds is 8. The Morgan fingerprint density at radius 1 is 1.38 bits per heavy atom. The molecule has 4 atom stereocenters. The van der Waals surface area contributed by atoms with Gasteiger partial charge in [-0.15, -0.1) is 13.2 Å². The second kappa shape index (κ2) is 8.46. The fourth-order valence-electron chi connectivity index (χ4n) is 5.04. The van der Waals surface area contributed by atoms with Gasteiger partial charge in [0.15, 0.2) is 0 Å². The van der Waals surface area contributed by atoms with Crippen molar-refractivity contribution in [1.82, 2.24) is 14.7 Å². The zero-order valence-corrected chi connectivity index (χ0v) is 19.1. The number of nitrogens with one attached hydrogen (secondary N) is 1. The van der Waals surface area contributed by atoms with Gasteiger partial charge < -0.3 is 10.2 Å². The Morgan fingerprint density at radius 2 is 2.03 bits per heavy atom. The summed E-state index contributed by atoms with van der Waals surface area (Å²) in [7, 11) is 0. The highest BCUT2D eigenvalue weighted by molar-refractivity contribution is 9.10. The predicted molar refractivity (Wildman–Crippen MR) is 120 cm³/mol. The first-order chi connectivity index (χ1) is 13.7. The van der Waals surface area contributed by atoms with Gasteiger partial charge >= 0.3 is 0 Å². The van der Waals surface area contributed by atoms with Crippen molar-refractivity contribution in [3.8, 4) is 0 Å². The van der Waals surface area contributed by atoms with E-state index in [4.69, 9.17) is 0 Å². The molecule has 1 amide bonds. The lowest BCUT2D eigenvalue weighted by Crippen LogP contribution is -2.58. The first kappa shape index (κ1) is 21.8. The molecule has 29 heavy (non-hydrogen) atoms. The van der Waals surface area contributed by atoms with E-state index in [1.54, 1.807) is 23.2 Å². The molecule has 1 aromatic rings. The monoisotopic (exact) mass is 462 g/mol. The van der Waals surface area contributed by atoms with E-state index in [-0.39, 0.29) is 18.0 Å². The van der Waals surface area contributed by atoms with Crippen molar-refractivity contribution in [2.24, 2.45) is 23.2 Å². The Hall–Kier alpha value is -1.89. The molecule has 0 radical (unpaired) electrons. The summed E-state index contributed by atoms with van der Waals surface area (Å²) >= 11 is 3.42. The molecule has 7 heteroatoms. The third kappa shape index (κ3) is 4.06. The molecule has 3 aliphatic rings. The summed E-state index contributed by atoms with van der Waals surface area (Å²) < 4.78 is 1.62. The van der Waals surface area contributed by atoms with Crippen LogP contribution in [0, 0.1) is 23.2 Å². The number of hydrogen-bond donors (Lipinski definition) is 1. The third-order valence-electron chi connectivity index (χ3n) is 7.02. The van der Waals surface area contributed by atoms with Crippen LogP contribution in [0.25, 0.3) is 0 Å². The summed E-state index contributed by atoms with van der Waals surface area (Å²) in [5.74, 6) is 1.78. The summed E-state index contributed by atoms with van der Waals surface area (Å²) in [5, 5.41) is 7.78. The van der Waals surface area contributed by atoms with Crippen LogP contribution in [0.3, 0.4) is 0 Å². The Morgan fingerprint density at radius 3 is 2.59 bits per heavy atom. The number of aromatic nitrogens is 2. The number of fused-ring (bicyclic) bond motifs is 2. The van der Waals surface area contributed by atoms with Gasteiger partial charge in [0.25, 0.3) is 5.56 Å². The van der Waals surface area contributed by atoms with E-state index in [2.05, 4.69) is 60.3 Å². The minimum atomic E-state index is -0.311. The number of amides is 1. The van der Waals surface area contributed by atoms with E-state index >= 15 is 0 Å². The molecule has 0 aliphatic heterocycles. The molecule has 0 aromatic carbocycles. The molecule has 4 rings (SSSR count). The maximum absolute atomic E-state index is 12.8. The lowest BCUT2D eigenvalue weighted by atomic mass is 9.45. The molecule has 1 heterocycles. The lowest BCUT2D eigenvalue weighted by molar-refractivity contribution is -0.131. The smallest absolute Gasteiger partial charge is 0.283 e. The minimum Gasteiger partial charge on any atom is -0.380 e. The molecule has 158 valence electrons. The van der Waals surface area contributed by atoms with Crippen LogP contribution in [-0.2, 0) is 11.3 Å². The second-order valence-electron chi connectivity index (χ2n) is 8.92. The average molecular weight is 463 g/mol. The Labute approximate surface area is 181 Å². The summed E-state index contributed by atoms with van der Waals surface area (Å²) in [6, 6.07) is 0.331. The number of carbonyl (C=O) groups is 1. The number of carbonyl (C=O) groups excluding carboxylic acids is 1. The van der Waals surface area contributed by atoms with Crippen molar-refractivity contribution in [3.05, 3.63) is 46.3 Å². The lowest BCUT2D eigenvalue weighted by Gasteiger charge is -2.62. The molecule has 3 aliphatic carbocycles. The molecular formula is C22H31BrN4O2. The standard InChI is InChI=1S/C22H31BrN4O2/c1-6-8-26(9-7-2)19(28)13-27-21(29)20(23)18(12-24-27)25-17-11-15-10-16(14(17)3)22(15,4)5/h6-7,12,14-17,25H,1-2,8-11,13H2,3-5H3/t14-,15-,16+,17-/m1/s1. The molecule has 6 nitrogen and oxygen atoms in total. The quantitative estimate of drug-likeness (QED) is 0.598. The molecule has 1 aromatic heterocycles. The van der Waals surface area contributed by atoms with Crippen LogP contribution in [0.2, 0.25) is 0 Å². The number of anilines is 1. The van der Waals surface area contributed by atoms with E-state index in [1.165, 1.54) is 11.1 Å². The number of hydrogen-bond acceptors (Lipinski definition) is 4. The largest absolute Gasteiger partial charge is 0.380 e. The van der Waals surface area contributed by atoms with Crippen LogP contribution in [-0.4, -0.2) is 39.7 Å². The van der Waals surface area contributed by atoms with Crippen LogP contribution in [0.15, 0.2) is 40.8 Å². The van der Waals surface area contributed by atoms with E-state index in [0.717, 1.165) is 12.3 Å². The van der Waals surface area contributed by atoms with Gasteiger partial charge in [-0.1, -0.05) is 32.9 Å². The van der Waals surface area contributed by atoms with E-state index in [0.29, 0.717) is 46.5 Å². The molecular weight excluding hydrogens is 432 g/mol. The first-order valence-corrected chi connectivity index (χ1v) is 11.0. The van der Waals surface area contributed by atoms with E-state index < -0.39 is 0 Å². The molecule has 2 bridgehead atoms. The van der Waals surface area contributed by atoms with Crippen LogP contribution >= 0.6 is 15.9 Å². The Balaban J connectivity index is 1.72. The Bertz CT molecular complexity index is 853. The highest BCUT2D eigenvalue weighted by Crippen LogP contribution is 2.61. The van der Waals surface area contributed by atoms with Crippen molar-refractivity contribution >= 4 is 27.5 Å². The van der Waals surface area contributed by atoms with Gasteiger partial charge in [0.05, 0.1) is 11.9 Å². The minimum absolute atomic E-state index is 0.114. The highest BCUT2D eigenvalue weighted by atomic mass is 79.9. The maximum atomic E-state index is 12.8. The van der Waals surface area contributed by atoms with Gasteiger partial charge in [-0.25, -0.2) is 4.68 Å². The van der Waals surface area contributed by atoms with Gasteiger partial charge in [-0.05, 0) is 51.9 Å². The second-order valence-corrected chi connectivity index (χ2v) is 9.71. The van der Waals surface area contributed by atoms with Crippen LogP contribution in [0.4, 0.5) is 5.69 Å². The fourth-order valence-corrected chi connectivity index (χ4v) is 5.46. The third-order valence-corrected chi connectivity index (χ3v) is 7.78. The van der Waals surface area contributed by atoms with Crippen molar-refractivity contribution in [2.45, 2.75) is 46.2 Å². The maximum Gasteiger partial charge on any atom is 0.283 e. The van der Waals surface area contributed by atoms with Crippen LogP contribution in [0.5, 0.6) is 0 Å². The number of halogens is 1. The summed E-state index contributed by atoms with van der Waals surface area (Å²) in [6.45, 7) is 15.1. The summed E-state index contributed by atoms with van der Waals surface area (Å²) in [4.78, 5) is 26.8. The van der Waals surface area contributed by atoms with Crippen LogP contribution in [0.1, 0.15) is 33.6 Å². The molecule has 0 unspecified atom stereocenters. The Kier molecular flexibility index (Phi) is 6.36. The first-order valence-electron chi connectivity index (χ1n) is 10.2. The van der Waals surface area contributed by atoms with Gasteiger partial charge in [0.2, 0.25) is 5.91 Å². The van der Waals surface area contributed by atoms with E-state index in [9.17, 15) is 9.59 Å². The topological polar surface area (TPSA) is 67.2 Å². The van der Waals surface area contributed by atoms with Gasteiger partial charge in [0.1, 0.15) is 11.0 Å². The highest BCUT2D eigenvalue weighted by Gasteiger charge is 2.56. The fraction of sp³-hybridized carbons (Fsp3) is 0.591. The molecule has 1 N–H and O–H groups in total. The van der Waals surface area contributed by atoms with Gasteiger partial charge in [0, 0.05) is 19.1 Å². The normalized spacial score (nSPS) is 26.9. The number of nitrogens with zero attached hydrogens (tertiary/aromatic N) is 3. The zero-order chi connectivity index (χ0) is 21.3. The molecule has 3 fully saturated rings. The van der Waals surface area contributed by atoms with Crippen molar-refractivity contribution in [3.63, 3.8) is 0 Å². The molecule has 3 saturated carbocycles. The van der Waals surface area contributed by atoms with Crippen LogP contribution < -0.4 is 10.9 Å². The van der Waals surface area contributed by atoms with Crippen molar-refractivity contribution in [2.75, 3.05) is 18.4 Å². The summed E-state index contributed by atoms with van der Waals surface area (Å²) in [5.41, 5.74) is 0.803. The van der Waals surface area contributed by atoms with Crippen molar-refractivity contribution in [1.29, 1.82) is 0 Å². The van der Waals surface area contributed by atoms with Gasteiger partial charge in [-0.3, -0.25) is 9.59 Å². The van der Waals surface area contributed by atoms with E-state index in [1.807, 2.05) is 0 Å². The van der Waals surface area contributed by atoms with Gasteiger partial charge in [-0.2, -0.15) is 5.10 Å². The predicted octanol–water partition coefficient (Wildman–Crippen LogP) is 3.69.